The third-order valence-corrected chi connectivity index (χ3v) is 4.42. The normalized spacial score (nSPS) is 15.5. The Kier molecular flexibility index (Phi) is 4.99. The molecule has 4 nitrogen and oxygen atoms in total. The van der Waals surface area contributed by atoms with Crippen molar-refractivity contribution >= 4 is 17.3 Å². The number of halogens is 2. The van der Waals surface area contributed by atoms with Crippen molar-refractivity contribution in [1.29, 1.82) is 0 Å². The monoisotopic (exact) mass is 346 g/mol. The maximum Gasteiger partial charge on any atom is 0.223 e. The first-order chi connectivity index (χ1) is 12.0. The summed E-state index contributed by atoms with van der Waals surface area (Å²) >= 11 is 0. The summed E-state index contributed by atoms with van der Waals surface area (Å²) in [4.78, 5) is 15.6. The standard InChI is InChI=1S/C19H20F2N2O2/c1-13(24)23-10-4-9-22(17-5-2-3-6-18(17)23)12-19(25)15-8-7-14(20)11-16(15)21/h2-3,5-8,11,19,25H,4,9-10,12H2,1H3. The van der Waals surface area contributed by atoms with Crippen LogP contribution in [0.2, 0.25) is 0 Å². The van der Waals surface area contributed by atoms with E-state index in [2.05, 4.69) is 0 Å². The second kappa shape index (κ2) is 7.19. The third kappa shape index (κ3) is 3.64. The van der Waals surface area contributed by atoms with Crippen LogP contribution in [0.25, 0.3) is 0 Å². The van der Waals surface area contributed by atoms with Gasteiger partial charge in [-0.15, -0.1) is 0 Å². The van der Waals surface area contributed by atoms with E-state index in [-0.39, 0.29) is 18.0 Å². The van der Waals surface area contributed by atoms with Gasteiger partial charge in [-0.25, -0.2) is 8.78 Å². The fourth-order valence-corrected chi connectivity index (χ4v) is 3.22. The van der Waals surface area contributed by atoms with E-state index in [9.17, 15) is 18.7 Å². The van der Waals surface area contributed by atoms with Gasteiger partial charge in [0.15, 0.2) is 0 Å². The highest BCUT2D eigenvalue weighted by Crippen LogP contribution is 2.33. The van der Waals surface area contributed by atoms with Crippen LogP contribution in [-0.2, 0) is 4.79 Å². The molecular weight excluding hydrogens is 326 g/mol. The molecule has 2 aromatic carbocycles. The van der Waals surface area contributed by atoms with E-state index in [4.69, 9.17) is 0 Å². The minimum absolute atomic E-state index is 0.0422. The van der Waals surface area contributed by atoms with Crippen molar-refractivity contribution in [3.05, 3.63) is 59.7 Å². The highest BCUT2D eigenvalue weighted by Gasteiger charge is 2.25. The van der Waals surface area contributed by atoms with Crippen molar-refractivity contribution in [3.8, 4) is 0 Å². The van der Waals surface area contributed by atoms with Gasteiger partial charge in [0.25, 0.3) is 0 Å². The van der Waals surface area contributed by atoms with E-state index < -0.39 is 17.7 Å². The fraction of sp³-hybridized carbons (Fsp3) is 0.316. The summed E-state index contributed by atoms with van der Waals surface area (Å²) in [5, 5.41) is 10.5. The van der Waals surface area contributed by atoms with E-state index in [1.54, 1.807) is 4.90 Å². The van der Waals surface area contributed by atoms with E-state index in [1.807, 2.05) is 29.2 Å². The lowest BCUT2D eigenvalue weighted by Gasteiger charge is -2.28. The molecule has 0 saturated heterocycles. The minimum Gasteiger partial charge on any atom is -0.386 e. The number of aliphatic hydroxyl groups is 1. The largest absolute Gasteiger partial charge is 0.386 e. The summed E-state index contributed by atoms with van der Waals surface area (Å²) in [6.07, 6.45) is -0.370. The Hall–Kier alpha value is -2.47. The Balaban J connectivity index is 1.89. The van der Waals surface area contributed by atoms with Gasteiger partial charge in [0.05, 0.1) is 17.5 Å². The molecule has 0 spiro atoms. The van der Waals surface area contributed by atoms with Gasteiger partial charge in [0, 0.05) is 38.2 Å². The van der Waals surface area contributed by atoms with Gasteiger partial charge < -0.3 is 14.9 Å². The molecule has 6 heteroatoms. The number of fused-ring (bicyclic) bond motifs is 1. The molecule has 0 radical (unpaired) electrons. The highest BCUT2D eigenvalue weighted by molar-refractivity contribution is 5.95. The van der Waals surface area contributed by atoms with Crippen LogP contribution < -0.4 is 9.80 Å². The van der Waals surface area contributed by atoms with E-state index in [0.717, 1.165) is 29.9 Å². The highest BCUT2D eigenvalue weighted by atomic mass is 19.1. The topological polar surface area (TPSA) is 43.8 Å². The summed E-state index contributed by atoms with van der Waals surface area (Å²) in [5.74, 6) is -1.48. The van der Waals surface area contributed by atoms with Crippen LogP contribution in [0.1, 0.15) is 25.0 Å². The molecule has 0 fully saturated rings. The quantitative estimate of drug-likeness (QED) is 0.928. The van der Waals surface area contributed by atoms with Crippen LogP contribution in [-0.4, -0.2) is 30.6 Å². The average molecular weight is 346 g/mol. The minimum atomic E-state index is -1.10. The van der Waals surface area contributed by atoms with Gasteiger partial charge in [0.1, 0.15) is 11.6 Å². The number of rotatable bonds is 3. The zero-order chi connectivity index (χ0) is 18.0. The number of amides is 1. The smallest absolute Gasteiger partial charge is 0.223 e. The molecule has 1 heterocycles. The SMILES string of the molecule is CC(=O)N1CCCN(CC(O)c2ccc(F)cc2F)c2ccccc21. The first-order valence-corrected chi connectivity index (χ1v) is 8.22. The molecule has 1 aliphatic heterocycles. The lowest BCUT2D eigenvalue weighted by Crippen LogP contribution is -2.29. The first-order valence-electron chi connectivity index (χ1n) is 8.22. The number of hydrogen-bond donors (Lipinski definition) is 1. The predicted octanol–water partition coefficient (Wildman–Crippen LogP) is 3.26. The van der Waals surface area contributed by atoms with Crippen molar-refractivity contribution in [1.82, 2.24) is 0 Å². The summed E-state index contributed by atoms with van der Waals surface area (Å²) < 4.78 is 27.0. The van der Waals surface area contributed by atoms with E-state index >= 15 is 0 Å². The van der Waals surface area contributed by atoms with Crippen molar-refractivity contribution in [2.45, 2.75) is 19.4 Å². The Morgan fingerprint density at radius 1 is 1.16 bits per heavy atom. The molecule has 1 unspecified atom stereocenters. The van der Waals surface area contributed by atoms with Crippen LogP contribution in [0, 0.1) is 11.6 Å². The van der Waals surface area contributed by atoms with Gasteiger partial charge in [-0.2, -0.15) is 0 Å². The molecule has 3 rings (SSSR count). The van der Waals surface area contributed by atoms with Crippen LogP contribution in [0.5, 0.6) is 0 Å². The molecule has 0 bridgehead atoms. The number of carbonyl (C=O) groups is 1. The lowest BCUT2D eigenvalue weighted by atomic mass is 10.1. The zero-order valence-electron chi connectivity index (χ0n) is 14.0. The number of nitrogens with zero attached hydrogens (tertiary/aromatic N) is 2. The number of β-amino-alcohol motifs (C(OH)–C–C–N with tert-alkyl or cyclic N) is 1. The lowest BCUT2D eigenvalue weighted by molar-refractivity contribution is -0.116. The number of hydrogen-bond acceptors (Lipinski definition) is 3. The molecule has 25 heavy (non-hydrogen) atoms. The zero-order valence-corrected chi connectivity index (χ0v) is 14.0. The van der Waals surface area contributed by atoms with Gasteiger partial charge in [-0.1, -0.05) is 18.2 Å². The van der Waals surface area contributed by atoms with Crippen molar-refractivity contribution in [3.63, 3.8) is 0 Å². The Bertz CT molecular complexity index is 782. The average Bonchev–Trinajstić information content (AvgIpc) is 2.75. The molecule has 1 atom stereocenters. The Morgan fingerprint density at radius 3 is 2.56 bits per heavy atom. The molecule has 0 aromatic heterocycles. The van der Waals surface area contributed by atoms with Crippen molar-refractivity contribution < 1.29 is 18.7 Å². The van der Waals surface area contributed by atoms with Gasteiger partial charge in [-0.3, -0.25) is 4.79 Å². The molecule has 1 aliphatic rings. The van der Waals surface area contributed by atoms with Crippen LogP contribution >= 0.6 is 0 Å². The number of benzene rings is 2. The summed E-state index contributed by atoms with van der Waals surface area (Å²) in [6.45, 7) is 2.89. The molecule has 1 amide bonds. The second-order valence-electron chi connectivity index (χ2n) is 6.14. The first kappa shape index (κ1) is 17.4. The molecule has 0 saturated carbocycles. The van der Waals surface area contributed by atoms with Crippen LogP contribution in [0.15, 0.2) is 42.5 Å². The fourth-order valence-electron chi connectivity index (χ4n) is 3.22. The number of aliphatic hydroxyl groups excluding tert-OH is 1. The molecule has 132 valence electrons. The summed E-state index contributed by atoms with van der Waals surface area (Å²) in [5.41, 5.74) is 1.66. The van der Waals surface area contributed by atoms with Crippen LogP contribution in [0.4, 0.5) is 20.2 Å². The maximum atomic E-state index is 13.9. The second-order valence-corrected chi connectivity index (χ2v) is 6.14. The third-order valence-electron chi connectivity index (χ3n) is 4.42. The number of para-hydroxylation sites is 2. The van der Waals surface area contributed by atoms with Crippen molar-refractivity contribution in [2.24, 2.45) is 0 Å². The molecule has 2 aromatic rings. The molecular formula is C19H20F2N2O2. The maximum absolute atomic E-state index is 13.9. The Labute approximate surface area is 145 Å². The summed E-state index contributed by atoms with van der Waals surface area (Å²) in [7, 11) is 0. The molecule has 0 aliphatic carbocycles. The van der Waals surface area contributed by atoms with Gasteiger partial charge >= 0.3 is 0 Å². The summed E-state index contributed by atoms with van der Waals surface area (Å²) in [6, 6.07) is 10.6. The molecule has 1 N–H and O–H groups in total. The van der Waals surface area contributed by atoms with E-state index in [0.29, 0.717) is 13.1 Å². The number of carbonyl (C=O) groups excluding carboxylic acids is 1. The number of anilines is 2. The van der Waals surface area contributed by atoms with Gasteiger partial charge in [-0.05, 0) is 24.6 Å². The van der Waals surface area contributed by atoms with Crippen LogP contribution in [0.3, 0.4) is 0 Å². The van der Waals surface area contributed by atoms with Crippen molar-refractivity contribution in [2.75, 3.05) is 29.4 Å². The Morgan fingerprint density at radius 2 is 1.88 bits per heavy atom. The predicted molar refractivity (Wildman–Crippen MR) is 92.6 cm³/mol. The van der Waals surface area contributed by atoms with Gasteiger partial charge in [0.2, 0.25) is 5.91 Å². The van der Waals surface area contributed by atoms with E-state index in [1.165, 1.54) is 13.0 Å².